The summed E-state index contributed by atoms with van der Waals surface area (Å²) in [7, 11) is 2.95. The number of piperazine rings is 1. The van der Waals surface area contributed by atoms with Crippen LogP contribution in [-0.2, 0) is 16.0 Å². The highest BCUT2D eigenvalue weighted by Crippen LogP contribution is 2.28. The number of carbonyl (C=O) groups excluding carboxylic acids is 1. The highest BCUT2D eigenvalue weighted by molar-refractivity contribution is 5.89. The van der Waals surface area contributed by atoms with Crippen molar-refractivity contribution in [1.29, 1.82) is 0 Å². The van der Waals surface area contributed by atoms with Gasteiger partial charge in [-0.2, -0.15) is 18.3 Å². The molecule has 2 atom stereocenters. The molecule has 0 radical (unpaired) electrons. The minimum absolute atomic E-state index is 0.135. The van der Waals surface area contributed by atoms with Crippen LogP contribution in [0.3, 0.4) is 0 Å². The summed E-state index contributed by atoms with van der Waals surface area (Å²) >= 11 is 0. The van der Waals surface area contributed by atoms with Gasteiger partial charge in [0.15, 0.2) is 6.29 Å². The summed E-state index contributed by atoms with van der Waals surface area (Å²) in [6.45, 7) is 6.16. The number of methoxy groups -OCH3 is 2. The first-order valence-electron chi connectivity index (χ1n) is 11.9. The van der Waals surface area contributed by atoms with Crippen molar-refractivity contribution < 1.29 is 32.5 Å². The second-order valence-corrected chi connectivity index (χ2v) is 8.35. The van der Waals surface area contributed by atoms with Crippen LogP contribution in [-0.4, -0.2) is 92.1 Å². The molecule has 1 amide bonds. The van der Waals surface area contributed by atoms with Gasteiger partial charge in [0.1, 0.15) is 18.0 Å². The summed E-state index contributed by atoms with van der Waals surface area (Å²) in [6.07, 6.45) is -4.93. The van der Waals surface area contributed by atoms with E-state index in [1.165, 1.54) is 12.0 Å². The van der Waals surface area contributed by atoms with Crippen LogP contribution in [0.4, 0.5) is 18.9 Å². The molecule has 1 aromatic carbocycles. The molecule has 2 unspecified atom stereocenters. The normalized spacial score (nSPS) is 18.0. The van der Waals surface area contributed by atoms with Gasteiger partial charge >= 0.3 is 6.18 Å². The standard InChI is InChI=1S/C24H37F3N4O4/c1-6-9-21(24(25,26)27)28-30(8-3)16-22(32)31-13-12-29(15-19(31)23(33)35-5)18-11-10-17(7-2)20(14-18)34-4/h10-11,14,19,23,33H,6-9,12-13,15-16H2,1-5H3/b28-21+. The number of amides is 1. The average molecular weight is 503 g/mol. The fraction of sp³-hybridized carbons (Fsp3) is 0.667. The molecule has 11 heteroatoms. The number of rotatable bonds is 11. The Labute approximate surface area is 205 Å². The van der Waals surface area contributed by atoms with Crippen molar-refractivity contribution in [3.05, 3.63) is 23.8 Å². The predicted octanol–water partition coefficient (Wildman–Crippen LogP) is 3.28. The molecule has 8 nitrogen and oxygen atoms in total. The Hall–Kier alpha value is -2.53. The first-order valence-corrected chi connectivity index (χ1v) is 11.9. The summed E-state index contributed by atoms with van der Waals surface area (Å²) in [5.41, 5.74) is 1.05. The van der Waals surface area contributed by atoms with E-state index in [1.807, 2.05) is 30.0 Å². The Morgan fingerprint density at radius 3 is 2.51 bits per heavy atom. The van der Waals surface area contributed by atoms with Crippen LogP contribution >= 0.6 is 0 Å². The summed E-state index contributed by atoms with van der Waals surface area (Å²) in [6, 6.07) is 5.17. The maximum absolute atomic E-state index is 13.3. The molecule has 35 heavy (non-hydrogen) atoms. The molecule has 0 aliphatic carbocycles. The lowest BCUT2D eigenvalue weighted by molar-refractivity contribution is -0.155. The van der Waals surface area contributed by atoms with Gasteiger partial charge in [0.25, 0.3) is 0 Å². The van der Waals surface area contributed by atoms with Gasteiger partial charge < -0.3 is 24.4 Å². The van der Waals surface area contributed by atoms with E-state index in [4.69, 9.17) is 9.47 Å². The zero-order chi connectivity index (χ0) is 26.2. The summed E-state index contributed by atoms with van der Waals surface area (Å²) in [4.78, 5) is 16.6. The van der Waals surface area contributed by atoms with E-state index in [2.05, 4.69) is 5.10 Å². The summed E-state index contributed by atoms with van der Waals surface area (Å²) in [5.74, 6) is 0.338. The second-order valence-electron chi connectivity index (χ2n) is 8.35. The first-order chi connectivity index (χ1) is 16.6. The highest BCUT2D eigenvalue weighted by atomic mass is 19.4. The fourth-order valence-corrected chi connectivity index (χ4v) is 4.10. The Kier molecular flexibility index (Phi) is 10.6. The van der Waals surface area contributed by atoms with Gasteiger partial charge in [-0.3, -0.25) is 9.80 Å². The quantitative estimate of drug-likeness (QED) is 0.284. The number of benzene rings is 1. The monoisotopic (exact) mass is 502 g/mol. The highest BCUT2D eigenvalue weighted by Gasteiger charge is 2.38. The van der Waals surface area contributed by atoms with Gasteiger partial charge in [-0.1, -0.05) is 26.3 Å². The smallest absolute Gasteiger partial charge is 0.431 e. The summed E-state index contributed by atoms with van der Waals surface area (Å²) in [5, 5.41) is 15.4. The topological polar surface area (TPSA) is 77.8 Å². The number of anilines is 1. The molecular formula is C24H37F3N4O4. The third-order valence-electron chi connectivity index (χ3n) is 6.09. The Morgan fingerprint density at radius 2 is 1.97 bits per heavy atom. The molecule has 1 heterocycles. The van der Waals surface area contributed by atoms with E-state index < -0.39 is 30.1 Å². The molecule has 0 aromatic heterocycles. The van der Waals surface area contributed by atoms with Crippen LogP contribution in [0.2, 0.25) is 0 Å². The molecule has 1 fully saturated rings. The van der Waals surface area contributed by atoms with Crippen molar-refractivity contribution >= 4 is 17.3 Å². The van der Waals surface area contributed by atoms with Gasteiger partial charge in [0.2, 0.25) is 5.91 Å². The van der Waals surface area contributed by atoms with Crippen molar-refractivity contribution in [1.82, 2.24) is 9.91 Å². The zero-order valence-corrected chi connectivity index (χ0v) is 21.1. The van der Waals surface area contributed by atoms with Crippen molar-refractivity contribution in [2.24, 2.45) is 5.10 Å². The number of carbonyl (C=O) groups is 1. The van der Waals surface area contributed by atoms with Gasteiger partial charge in [0.05, 0.1) is 13.2 Å². The number of hydrazone groups is 1. The van der Waals surface area contributed by atoms with Crippen LogP contribution in [0.5, 0.6) is 5.75 Å². The van der Waals surface area contributed by atoms with Gasteiger partial charge in [-0.05, 0) is 31.4 Å². The molecular weight excluding hydrogens is 465 g/mol. The van der Waals surface area contributed by atoms with E-state index in [0.717, 1.165) is 28.4 Å². The molecule has 1 aliphatic rings. The van der Waals surface area contributed by atoms with Crippen LogP contribution in [0.1, 0.15) is 39.2 Å². The number of aliphatic hydroxyl groups is 1. The largest absolute Gasteiger partial charge is 0.496 e. The number of aryl methyl sites for hydroxylation is 1. The Morgan fingerprint density at radius 1 is 1.26 bits per heavy atom. The van der Waals surface area contributed by atoms with Crippen molar-refractivity contribution in [3.63, 3.8) is 0 Å². The van der Waals surface area contributed by atoms with E-state index in [9.17, 15) is 23.1 Å². The number of alkyl halides is 3. The molecule has 0 saturated carbocycles. The fourth-order valence-electron chi connectivity index (χ4n) is 4.10. The van der Waals surface area contributed by atoms with E-state index in [-0.39, 0.29) is 39.0 Å². The first kappa shape index (κ1) is 28.7. The lowest BCUT2D eigenvalue weighted by Crippen LogP contribution is -2.61. The number of hydrogen-bond donors (Lipinski definition) is 1. The molecule has 0 spiro atoms. The average Bonchev–Trinajstić information content (AvgIpc) is 2.85. The Balaban J connectivity index is 2.22. The van der Waals surface area contributed by atoms with E-state index >= 15 is 0 Å². The van der Waals surface area contributed by atoms with E-state index in [1.54, 1.807) is 21.0 Å². The van der Waals surface area contributed by atoms with Crippen molar-refractivity contribution in [3.8, 4) is 5.75 Å². The number of nitrogens with zero attached hydrogens (tertiary/aromatic N) is 4. The number of halogens is 3. The Bertz CT molecular complexity index is 866. The van der Waals surface area contributed by atoms with Crippen LogP contribution in [0.15, 0.2) is 23.3 Å². The maximum atomic E-state index is 13.3. The van der Waals surface area contributed by atoms with Crippen LogP contribution in [0, 0.1) is 0 Å². The molecule has 1 N–H and O–H groups in total. The molecule has 1 aliphatic heterocycles. The number of hydrogen-bond acceptors (Lipinski definition) is 7. The van der Waals surface area contributed by atoms with Crippen molar-refractivity contribution in [2.75, 3.05) is 51.8 Å². The molecule has 2 rings (SSSR count). The number of likely N-dealkylation sites (N-methyl/N-ethyl adjacent to an activating group) is 1. The molecule has 0 bridgehead atoms. The third kappa shape index (κ3) is 7.47. The number of aliphatic hydroxyl groups excluding tert-OH is 1. The van der Waals surface area contributed by atoms with Gasteiger partial charge in [-0.25, -0.2) is 0 Å². The summed E-state index contributed by atoms with van der Waals surface area (Å²) < 4.78 is 50.5. The minimum Gasteiger partial charge on any atom is -0.496 e. The number of ether oxygens (including phenoxy) is 2. The maximum Gasteiger partial charge on any atom is 0.431 e. The van der Waals surface area contributed by atoms with Gasteiger partial charge in [0, 0.05) is 45.0 Å². The third-order valence-corrected chi connectivity index (χ3v) is 6.09. The molecule has 1 aromatic rings. The van der Waals surface area contributed by atoms with Crippen LogP contribution < -0.4 is 9.64 Å². The molecule has 198 valence electrons. The minimum atomic E-state index is -4.55. The second kappa shape index (κ2) is 13.0. The predicted molar refractivity (Wildman–Crippen MR) is 129 cm³/mol. The SMILES string of the molecule is CCC/C(=N\N(CC)CC(=O)N1CCN(c2ccc(CC)c(OC)c2)CC1C(O)OC)C(F)(F)F. The van der Waals surface area contributed by atoms with Crippen molar-refractivity contribution in [2.45, 2.75) is 58.5 Å². The van der Waals surface area contributed by atoms with Gasteiger partial charge in [-0.15, -0.1) is 0 Å². The molecule has 1 saturated heterocycles. The lowest BCUT2D eigenvalue weighted by atomic mass is 10.1. The van der Waals surface area contributed by atoms with Crippen LogP contribution in [0.25, 0.3) is 0 Å². The lowest BCUT2D eigenvalue weighted by Gasteiger charge is -2.44. The zero-order valence-electron chi connectivity index (χ0n) is 21.1. The van der Waals surface area contributed by atoms with E-state index in [0.29, 0.717) is 6.54 Å².